The Morgan fingerprint density at radius 3 is 2.40 bits per heavy atom. The van der Waals surface area contributed by atoms with Gasteiger partial charge in [-0.3, -0.25) is 0 Å². The van der Waals surface area contributed by atoms with Gasteiger partial charge >= 0.3 is 0 Å². The molecule has 0 aliphatic rings. The Morgan fingerprint density at radius 2 is 1.80 bits per heavy atom. The maximum Gasteiger partial charge on any atom is 0.123 e. The lowest BCUT2D eigenvalue weighted by Gasteiger charge is -2.11. The topological polar surface area (TPSA) is 35.2 Å². The molecule has 0 fully saturated rings. The van der Waals surface area contributed by atoms with Gasteiger partial charge in [-0.15, -0.1) is 0 Å². The monoisotopic (exact) mass is 329 g/mol. The van der Waals surface area contributed by atoms with Crippen LogP contribution in [0.1, 0.15) is 11.1 Å². The molecule has 0 amide bonds. The molecule has 2 aromatic carbocycles. The second-order valence-corrected chi connectivity index (χ2v) is 5.37. The van der Waals surface area contributed by atoms with Gasteiger partial charge in [-0.25, -0.2) is 4.39 Å². The largest absolute Gasteiger partial charge is 0.489 e. The van der Waals surface area contributed by atoms with Crippen molar-refractivity contribution in [2.75, 3.05) is 0 Å². The highest BCUT2D eigenvalue weighted by Gasteiger charge is 2.08. The molecule has 104 valence electrons. The quantitative estimate of drug-likeness (QED) is 0.847. The van der Waals surface area contributed by atoms with E-state index in [1.807, 2.05) is 0 Å². The van der Waals surface area contributed by atoms with Gasteiger partial charge in [0.15, 0.2) is 0 Å². The van der Waals surface area contributed by atoms with Crippen molar-refractivity contribution in [1.29, 1.82) is 0 Å². The van der Waals surface area contributed by atoms with Crippen LogP contribution in [0.2, 0.25) is 10.0 Å². The Hall–Kier alpha value is -1.36. The lowest BCUT2D eigenvalue weighted by molar-refractivity contribution is 0.306. The van der Waals surface area contributed by atoms with Crippen LogP contribution >= 0.6 is 35.4 Å². The van der Waals surface area contributed by atoms with Gasteiger partial charge in [0, 0.05) is 15.6 Å². The molecule has 0 saturated heterocycles. The lowest BCUT2D eigenvalue weighted by Crippen LogP contribution is -2.14. The summed E-state index contributed by atoms with van der Waals surface area (Å²) in [5.74, 6) is 0.114. The Balaban J connectivity index is 2.20. The number of thiocarbonyl (C=S) groups is 1. The fraction of sp³-hybridized carbons (Fsp3) is 0.0714. The first-order chi connectivity index (χ1) is 9.45. The molecule has 0 unspecified atom stereocenters. The van der Waals surface area contributed by atoms with Crippen LogP contribution in [-0.4, -0.2) is 4.99 Å². The second-order valence-electron chi connectivity index (χ2n) is 4.06. The highest BCUT2D eigenvalue weighted by atomic mass is 35.5. The highest BCUT2D eigenvalue weighted by Crippen LogP contribution is 2.25. The van der Waals surface area contributed by atoms with Gasteiger partial charge in [-0.1, -0.05) is 41.5 Å². The lowest BCUT2D eigenvalue weighted by atomic mass is 10.1. The third-order valence-electron chi connectivity index (χ3n) is 2.57. The maximum absolute atomic E-state index is 13.2. The Morgan fingerprint density at radius 1 is 1.15 bits per heavy atom. The summed E-state index contributed by atoms with van der Waals surface area (Å²) in [6.07, 6.45) is 0. The summed E-state index contributed by atoms with van der Waals surface area (Å²) in [6, 6.07) is 9.07. The second kappa shape index (κ2) is 6.39. The molecule has 0 heterocycles. The van der Waals surface area contributed by atoms with Crippen LogP contribution in [0, 0.1) is 5.82 Å². The van der Waals surface area contributed by atoms with Crippen LogP contribution < -0.4 is 10.5 Å². The number of nitrogens with two attached hydrogens (primary N) is 1. The molecule has 0 bridgehead atoms. The Labute approximate surface area is 131 Å². The number of benzene rings is 2. The Kier molecular flexibility index (Phi) is 4.81. The number of halogens is 3. The van der Waals surface area contributed by atoms with E-state index in [0.29, 0.717) is 26.9 Å². The standard InChI is InChI=1S/C14H10Cl2FNOS/c15-9-3-10(16)5-12(4-9)19-7-8-1-2-11(17)6-13(8)14(18)20/h1-6H,7H2,(H2,18,20). The number of hydrogen-bond acceptors (Lipinski definition) is 2. The summed E-state index contributed by atoms with van der Waals surface area (Å²) in [5.41, 5.74) is 6.71. The number of rotatable bonds is 4. The van der Waals surface area contributed by atoms with Crippen LogP contribution in [0.25, 0.3) is 0 Å². The van der Waals surface area contributed by atoms with Crippen molar-refractivity contribution in [3.8, 4) is 5.75 Å². The van der Waals surface area contributed by atoms with E-state index in [1.54, 1.807) is 24.3 Å². The molecule has 0 spiro atoms. The minimum absolute atomic E-state index is 0.118. The third kappa shape index (κ3) is 3.82. The maximum atomic E-state index is 13.2. The van der Waals surface area contributed by atoms with Crippen molar-refractivity contribution in [2.45, 2.75) is 6.61 Å². The van der Waals surface area contributed by atoms with E-state index in [2.05, 4.69) is 0 Å². The predicted octanol–water partition coefficient (Wildman–Crippen LogP) is 4.35. The molecular formula is C14H10Cl2FNOS. The first-order valence-corrected chi connectivity index (χ1v) is 6.79. The minimum atomic E-state index is -0.401. The molecule has 6 heteroatoms. The van der Waals surface area contributed by atoms with Gasteiger partial charge in [0.2, 0.25) is 0 Å². The van der Waals surface area contributed by atoms with Crippen LogP contribution in [0.15, 0.2) is 36.4 Å². The van der Waals surface area contributed by atoms with E-state index < -0.39 is 5.82 Å². The van der Waals surface area contributed by atoms with E-state index >= 15 is 0 Å². The normalized spacial score (nSPS) is 10.3. The van der Waals surface area contributed by atoms with E-state index in [1.165, 1.54) is 12.1 Å². The summed E-state index contributed by atoms with van der Waals surface area (Å²) < 4.78 is 18.8. The van der Waals surface area contributed by atoms with Gasteiger partial charge in [0.25, 0.3) is 0 Å². The van der Waals surface area contributed by atoms with Gasteiger partial charge in [0.1, 0.15) is 23.2 Å². The van der Waals surface area contributed by atoms with Crippen LogP contribution in [0.4, 0.5) is 4.39 Å². The van der Waals surface area contributed by atoms with E-state index in [9.17, 15) is 4.39 Å². The SMILES string of the molecule is NC(=S)c1cc(F)ccc1COc1cc(Cl)cc(Cl)c1. The highest BCUT2D eigenvalue weighted by molar-refractivity contribution is 7.80. The summed E-state index contributed by atoms with van der Waals surface area (Å²) in [5, 5.41) is 0.947. The summed E-state index contributed by atoms with van der Waals surface area (Å²) in [4.78, 5) is 0.118. The molecule has 0 aliphatic carbocycles. The fourth-order valence-electron chi connectivity index (χ4n) is 1.68. The summed E-state index contributed by atoms with van der Waals surface area (Å²) in [7, 11) is 0. The summed E-state index contributed by atoms with van der Waals surface area (Å²) >= 11 is 16.7. The molecule has 0 aliphatic heterocycles. The number of ether oxygens (including phenoxy) is 1. The first kappa shape index (κ1) is 15.0. The van der Waals surface area contributed by atoms with E-state index in [-0.39, 0.29) is 11.6 Å². The number of hydrogen-bond donors (Lipinski definition) is 1. The molecule has 2 rings (SSSR count). The van der Waals surface area contributed by atoms with Crippen molar-refractivity contribution in [3.05, 3.63) is 63.4 Å². The Bertz CT molecular complexity index is 643. The zero-order valence-corrected chi connectivity index (χ0v) is 12.5. The predicted molar refractivity (Wildman–Crippen MR) is 83.1 cm³/mol. The molecule has 20 heavy (non-hydrogen) atoms. The average Bonchev–Trinajstić information content (AvgIpc) is 2.36. The molecule has 2 aromatic rings. The van der Waals surface area contributed by atoms with Crippen LogP contribution in [0.3, 0.4) is 0 Å². The minimum Gasteiger partial charge on any atom is -0.489 e. The molecular weight excluding hydrogens is 320 g/mol. The molecule has 2 N–H and O–H groups in total. The fourth-order valence-corrected chi connectivity index (χ4v) is 2.37. The van der Waals surface area contributed by atoms with Crippen molar-refractivity contribution in [2.24, 2.45) is 5.73 Å². The van der Waals surface area contributed by atoms with Crippen molar-refractivity contribution >= 4 is 40.4 Å². The average molecular weight is 330 g/mol. The molecule has 0 radical (unpaired) electrons. The zero-order valence-electron chi connectivity index (χ0n) is 10.2. The van der Waals surface area contributed by atoms with Crippen LogP contribution in [0.5, 0.6) is 5.75 Å². The van der Waals surface area contributed by atoms with E-state index in [0.717, 1.165) is 0 Å². The van der Waals surface area contributed by atoms with Crippen LogP contribution in [-0.2, 0) is 6.61 Å². The third-order valence-corrected chi connectivity index (χ3v) is 3.22. The molecule has 0 saturated carbocycles. The van der Waals surface area contributed by atoms with E-state index in [4.69, 9.17) is 45.9 Å². The van der Waals surface area contributed by atoms with Crippen molar-refractivity contribution in [3.63, 3.8) is 0 Å². The first-order valence-electron chi connectivity index (χ1n) is 5.63. The van der Waals surface area contributed by atoms with Crippen molar-refractivity contribution in [1.82, 2.24) is 0 Å². The zero-order chi connectivity index (χ0) is 14.7. The van der Waals surface area contributed by atoms with Gasteiger partial charge in [-0.2, -0.15) is 0 Å². The smallest absolute Gasteiger partial charge is 0.123 e. The van der Waals surface area contributed by atoms with Gasteiger partial charge in [-0.05, 0) is 35.9 Å². The van der Waals surface area contributed by atoms with Crippen molar-refractivity contribution < 1.29 is 9.13 Å². The molecule has 0 aromatic heterocycles. The molecule has 0 atom stereocenters. The molecule has 2 nitrogen and oxygen atoms in total. The summed E-state index contributed by atoms with van der Waals surface area (Å²) in [6.45, 7) is 0.184. The van der Waals surface area contributed by atoms with Gasteiger partial charge in [0.05, 0.1) is 0 Å². The van der Waals surface area contributed by atoms with Gasteiger partial charge < -0.3 is 10.5 Å².